The van der Waals surface area contributed by atoms with Crippen LogP contribution in [0.4, 0.5) is 17.6 Å². The van der Waals surface area contributed by atoms with Crippen LogP contribution in [0.1, 0.15) is 16.8 Å². The molecule has 1 aliphatic carbocycles. The highest BCUT2D eigenvalue weighted by Crippen LogP contribution is 2.37. The molecule has 1 aliphatic rings. The molecule has 0 aliphatic heterocycles. The summed E-state index contributed by atoms with van der Waals surface area (Å²) in [7, 11) is -3.87. The van der Waals surface area contributed by atoms with Crippen LogP contribution >= 0.6 is 0 Å². The van der Waals surface area contributed by atoms with E-state index in [1.807, 2.05) is 0 Å². The summed E-state index contributed by atoms with van der Waals surface area (Å²) in [6, 6.07) is 7.47. The van der Waals surface area contributed by atoms with Gasteiger partial charge in [-0.3, -0.25) is 4.98 Å². The van der Waals surface area contributed by atoms with Gasteiger partial charge in [0.1, 0.15) is 6.17 Å². The Hall–Kier alpha value is -2.52. The molecule has 3 rings (SSSR count). The van der Waals surface area contributed by atoms with E-state index in [0.29, 0.717) is 22.9 Å². The number of hydrogen-bond acceptors (Lipinski definition) is 3. The molecule has 0 saturated heterocycles. The van der Waals surface area contributed by atoms with E-state index in [4.69, 9.17) is 5.14 Å². The Labute approximate surface area is 146 Å². The molecular weight excluding hydrogens is 372 g/mol. The minimum Gasteiger partial charge on any atom is -0.256 e. The Bertz CT molecular complexity index is 993. The van der Waals surface area contributed by atoms with Gasteiger partial charge in [0.25, 0.3) is 0 Å². The van der Waals surface area contributed by atoms with E-state index in [0.717, 1.165) is 6.07 Å². The van der Waals surface area contributed by atoms with E-state index in [1.54, 1.807) is 0 Å². The molecular formula is C17H12F4N2O2S. The van der Waals surface area contributed by atoms with Gasteiger partial charge in [-0.2, -0.15) is 13.2 Å². The fraction of sp³-hybridized carbons (Fsp3) is 0.118. The lowest BCUT2D eigenvalue weighted by Crippen LogP contribution is -2.11. The van der Waals surface area contributed by atoms with Crippen LogP contribution in [-0.2, 0) is 16.2 Å². The van der Waals surface area contributed by atoms with Crippen molar-refractivity contribution in [2.45, 2.75) is 17.2 Å². The van der Waals surface area contributed by atoms with Crippen molar-refractivity contribution < 1.29 is 26.0 Å². The minimum absolute atomic E-state index is 0.102. The highest BCUT2D eigenvalue weighted by atomic mass is 32.2. The van der Waals surface area contributed by atoms with Crippen molar-refractivity contribution in [1.82, 2.24) is 4.98 Å². The molecule has 4 nitrogen and oxygen atoms in total. The Kier molecular flexibility index (Phi) is 4.45. The number of benzene rings is 1. The first kappa shape index (κ1) is 18.3. The lowest BCUT2D eigenvalue weighted by Gasteiger charge is -2.11. The third kappa shape index (κ3) is 3.68. The van der Waals surface area contributed by atoms with Gasteiger partial charge in [-0.05, 0) is 47.6 Å². The predicted octanol–water partition coefficient (Wildman–Crippen LogP) is 3.57. The number of alkyl halides is 4. The molecule has 0 amide bonds. The SMILES string of the molecule is NS(=O)(=O)c1ccc(C2=CC(F)C=C2c2ccc(C(F)(F)F)cn2)cc1. The van der Waals surface area contributed by atoms with Crippen LogP contribution in [-0.4, -0.2) is 19.6 Å². The van der Waals surface area contributed by atoms with Gasteiger partial charge in [0.15, 0.2) is 0 Å². The van der Waals surface area contributed by atoms with Crippen LogP contribution in [0.3, 0.4) is 0 Å². The smallest absolute Gasteiger partial charge is 0.256 e. The second-order valence-electron chi connectivity index (χ2n) is 5.60. The maximum Gasteiger partial charge on any atom is 0.417 e. The highest BCUT2D eigenvalue weighted by Gasteiger charge is 2.31. The molecule has 1 aromatic carbocycles. The zero-order valence-electron chi connectivity index (χ0n) is 13.0. The number of nitrogens with zero attached hydrogens (tertiary/aromatic N) is 1. The Balaban J connectivity index is 1.96. The lowest BCUT2D eigenvalue weighted by atomic mass is 9.98. The number of hydrogen-bond donors (Lipinski definition) is 1. The molecule has 1 unspecified atom stereocenters. The second kappa shape index (κ2) is 6.33. The standard InChI is InChI=1S/C17H12F4N2O2S/c18-12-7-14(10-1-4-13(5-2-10)26(22,24)25)15(8-12)16-6-3-11(9-23-16)17(19,20)21/h1-9,12H,(H2,22,24,25). The summed E-state index contributed by atoms with van der Waals surface area (Å²) in [5.41, 5.74) is 0.505. The first-order valence-electron chi connectivity index (χ1n) is 7.30. The lowest BCUT2D eigenvalue weighted by molar-refractivity contribution is -0.137. The van der Waals surface area contributed by atoms with E-state index in [1.165, 1.54) is 42.5 Å². The molecule has 2 aromatic rings. The predicted molar refractivity (Wildman–Crippen MR) is 87.9 cm³/mol. The molecule has 0 spiro atoms. The van der Waals surface area contributed by atoms with Gasteiger partial charge in [0.2, 0.25) is 10.0 Å². The summed E-state index contributed by atoms with van der Waals surface area (Å²) in [6.07, 6.45) is -2.75. The van der Waals surface area contributed by atoms with E-state index in [2.05, 4.69) is 4.98 Å². The van der Waals surface area contributed by atoms with Crippen molar-refractivity contribution in [3.8, 4) is 0 Å². The zero-order valence-corrected chi connectivity index (χ0v) is 13.9. The van der Waals surface area contributed by atoms with Crippen LogP contribution in [0.2, 0.25) is 0 Å². The van der Waals surface area contributed by atoms with Crippen LogP contribution in [0, 0.1) is 0 Å². The van der Waals surface area contributed by atoms with E-state index < -0.39 is 27.9 Å². The third-order valence-corrected chi connectivity index (χ3v) is 4.73. The van der Waals surface area contributed by atoms with E-state index in [-0.39, 0.29) is 10.6 Å². The number of halogens is 4. The van der Waals surface area contributed by atoms with Crippen molar-refractivity contribution in [1.29, 1.82) is 0 Å². The maximum absolute atomic E-state index is 13.9. The van der Waals surface area contributed by atoms with E-state index in [9.17, 15) is 26.0 Å². The molecule has 2 N–H and O–H groups in total. The van der Waals surface area contributed by atoms with Gasteiger partial charge in [0.05, 0.1) is 16.2 Å². The molecule has 1 heterocycles. The van der Waals surface area contributed by atoms with Gasteiger partial charge in [-0.25, -0.2) is 17.9 Å². The Morgan fingerprint density at radius 2 is 1.58 bits per heavy atom. The first-order chi connectivity index (χ1) is 12.1. The van der Waals surface area contributed by atoms with Crippen LogP contribution in [0.5, 0.6) is 0 Å². The molecule has 0 radical (unpaired) electrons. The largest absolute Gasteiger partial charge is 0.417 e. The zero-order chi connectivity index (χ0) is 19.1. The van der Waals surface area contributed by atoms with Gasteiger partial charge in [-0.15, -0.1) is 0 Å². The number of nitrogens with two attached hydrogens (primary N) is 1. The van der Waals surface area contributed by atoms with E-state index >= 15 is 0 Å². The van der Waals surface area contributed by atoms with Crippen molar-refractivity contribution in [2.75, 3.05) is 0 Å². The maximum atomic E-state index is 13.9. The molecule has 1 aromatic heterocycles. The average molecular weight is 384 g/mol. The minimum atomic E-state index is -4.51. The van der Waals surface area contributed by atoms with Gasteiger partial charge in [0, 0.05) is 11.8 Å². The summed E-state index contributed by atoms with van der Waals surface area (Å²) in [4.78, 5) is 3.68. The summed E-state index contributed by atoms with van der Waals surface area (Å²) >= 11 is 0. The van der Waals surface area contributed by atoms with Crippen LogP contribution in [0.25, 0.3) is 11.1 Å². The molecule has 0 fully saturated rings. The normalized spacial score (nSPS) is 17.8. The average Bonchev–Trinajstić information content (AvgIpc) is 2.95. The summed E-state index contributed by atoms with van der Waals surface area (Å²) < 4.78 is 74.4. The number of primary sulfonamides is 1. The number of sulfonamides is 1. The molecule has 0 saturated carbocycles. The quantitative estimate of drug-likeness (QED) is 0.823. The molecule has 9 heteroatoms. The monoisotopic (exact) mass is 384 g/mol. The van der Waals surface area contributed by atoms with Crippen molar-refractivity contribution in [3.63, 3.8) is 0 Å². The number of pyridine rings is 1. The second-order valence-corrected chi connectivity index (χ2v) is 7.17. The van der Waals surface area contributed by atoms with Gasteiger partial charge >= 0.3 is 6.18 Å². The van der Waals surface area contributed by atoms with Crippen LogP contribution < -0.4 is 5.14 Å². The molecule has 26 heavy (non-hydrogen) atoms. The van der Waals surface area contributed by atoms with Crippen molar-refractivity contribution in [2.24, 2.45) is 5.14 Å². The number of rotatable bonds is 3. The molecule has 1 atom stereocenters. The van der Waals surface area contributed by atoms with Gasteiger partial charge < -0.3 is 0 Å². The summed E-state index contributed by atoms with van der Waals surface area (Å²) in [5.74, 6) is 0. The molecule has 0 bridgehead atoms. The third-order valence-electron chi connectivity index (χ3n) is 3.80. The number of aromatic nitrogens is 1. The Morgan fingerprint density at radius 1 is 0.962 bits per heavy atom. The summed E-state index contributed by atoms with van der Waals surface area (Å²) in [6.45, 7) is 0. The molecule has 136 valence electrons. The fourth-order valence-corrected chi connectivity index (χ4v) is 3.08. The fourth-order valence-electron chi connectivity index (χ4n) is 2.57. The van der Waals surface area contributed by atoms with Crippen LogP contribution in [0.15, 0.2) is 59.6 Å². The van der Waals surface area contributed by atoms with Gasteiger partial charge in [-0.1, -0.05) is 12.1 Å². The number of allylic oxidation sites excluding steroid dienone is 4. The first-order valence-corrected chi connectivity index (χ1v) is 8.85. The van der Waals surface area contributed by atoms with Crippen molar-refractivity contribution >= 4 is 21.2 Å². The highest BCUT2D eigenvalue weighted by molar-refractivity contribution is 7.89. The summed E-state index contributed by atoms with van der Waals surface area (Å²) in [5, 5.41) is 5.03. The Morgan fingerprint density at radius 3 is 2.08 bits per heavy atom. The van der Waals surface area contributed by atoms with Crippen molar-refractivity contribution in [3.05, 3.63) is 71.6 Å². The topological polar surface area (TPSA) is 73.1 Å².